The van der Waals surface area contributed by atoms with Gasteiger partial charge in [-0.15, -0.1) is 11.3 Å². The van der Waals surface area contributed by atoms with E-state index in [0.717, 1.165) is 10.9 Å². The van der Waals surface area contributed by atoms with Crippen molar-refractivity contribution in [2.45, 2.75) is 0 Å². The fourth-order valence-corrected chi connectivity index (χ4v) is 3.51. The molecule has 0 amide bonds. The first-order valence-electron chi connectivity index (χ1n) is 6.85. The highest BCUT2D eigenvalue weighted by Crippen LogP contribution is 2.38. The van der Waals surface area contributed by atoms with Crippen LogP contribution in [0.1, 0.15) is 15.2 Å². The zero-order chi connectivity index (χ0) is 15.1. The van der Waals surface area contributed by atoms with Crippen LogP contribution in [0.2, 0.25) is 0 Å². The Bertz CT molecular complexity index is 1010. The molecule has 0 unspecified atom stereocenters. The Kier molecular flexibility index (Phi) is 2.91. The van der Waals surface area contributed by atoms with Gasteiger partial charge in [-0.2, -0.15) is 0 Å². The fraction of sp³-hybridized carbons (Fsp3) is 0. The molecule has 0 saturated heterocycles. The van der Waals surface area contributed by atoms with Crippen LogP contribution in [0.5, 0.6) is 5.75 Å². The topological polar surface area (TPSA) is 50.2 Å². The average molecular weight is 305 g/mol. The molecule has 1 N–H and O–H groups in total. The largest absolute Gasteiger partial charge is 0.506 e. The third kappa shape index (κ3) is 1.96. The van der Waals surface area contributed by atoms with Crippen LogP contribution in [-0.2, 0) is 0 Å². The van der Waals surface area contributed by atoms with E-state index in [9.17, 15) is 9.90 Å². The van der Waals surface area contributed by atoms with Crippen molar-refractivity contribution >= 4 is 38.2 Å². The third-order valence-electron chi connectivity index (χ3n) is 3.60. The summed E-state index contributed by atoms with van der Waals surface area (Å²) in [4.78, 5) is 18.1. The second-order valence-corrected chi connectivity index (χ2v) is 6.01. The van der Waals surface area contributed by atoms with Gasteiger partial charge in [0.1, 0.15) is 15.5 Å². The molecule has 0 spiro atoms. The quantitative estimate of drug-likeness (QED) is 0.559. The van der Waals surface area contributed by atoms with Gasteiger partial charge in [0.15, 0.2) is 0 Å². The number of fused-ring (bicyclic) bond motifs is 2. The van der Waals surface area contributed by atoms with E-state index in [0.29, 0.717) is 20.7 Å². The predicted octanol–water partition coefficient (Wildman–Crippen LogP) is 4.39. The Morgan fingerprint density at radius 3 is 2.55 bits per heavy atom. The number of hydrogen-bond donors (Lipinski definition) is 1. The van der Waals surface area contributed by atoms with E-state index in [1.54, 1.807) is 12.1 Å². The van der Waals surface area contributed by atoms with E-state index < -0.39 is 0 Å². The highest BCUT2D eigenvalue weighted by molar-refractivity contribution is 7.21. The van der Waals surface area contributed by atoms with Crippen molar-refractivity contribution in [3.63, 3.8) is 0 Å². The van der Waals surface area contributed by atoms with Crippen LogP contribution in [0.25, 0.3) is 21.1 Å². The summed E-state index contributed by atoms with van der Waals surface area (Å²) >= 11 is 1.23. The average Bonchev–Trinajstić information content (AvgIpc) is 2.89. The normalized spacial score (nSPS) is 11.1. The Morgan fingerprint density at radius 2 is 1.73 bits per heavy atom. The van der Waals surface area contributed by atoms with Gasteiger partial charge in [-0.3, -0.25) is 4.79 Å². The molecule has 4 rings (SSSR count). The molecular formula is C18H11NO2S. The molecule has 2 heterocycles. The van der Waals surface area contributed by atoms with Crippen molar-refractivity contribution < 1.29 is 9.90 Å². The van der Waals surface area contributed by atoms with Gasteiger partial charge in [0.05, 0.1) is 10.9 Å². The Labute approximate surface area is 130 Å². The standard InChI is InChI=1S/C18H11NO2S/c20-15(11-6-2-1-3-7-11)17-16(21)13-10-12-8-4-5-9-14(12)19-18(13)22-17/h1-10,21H. The highest BCUT2D eigenvalue weighted by Gasteiger charge is 2.20. The highest BCUT2D eigenvalue weighted by atomic mass is 32.1. The number of pyridine rings is 1. The van der Waals surface area contributed by atoms with Gasteiger partial charge in [0.2, 0.25) is 5.78 Å². The molecule has 0 radical (unpaired) electrons. The lowest BCUT2D eigenvalue weighted by Gasteiger charge is -1.98. The maximum absolute atomic E-state index is 12.6. The molecule has 0 atom stereocenters. The van der Waals surface area contributed by atoms with Crippen LogP contribution < -0.4 is 0 Å². The van der Waals surface area contributed by atoms with E-state index in [2.05, 4.69) is 4.98 Å². The number of hydrogen-bond acceptors (Lipinski definition) is 4. The second kappa shape index (κ2) is 4.93. The van der Waals surface area contributed by atoms with Gasteiger partial charge in [-0.25, -0.2) is 4.98 Å². The zero-order valence-corrected chi connectivity index (χ0v) is 12.3. The molecule has 4 heteroatoms. The summed E-state index contributed by atoms with van der Waals surface area (Å²) in [7, 11) is 0. The number of thiophene rings is 1. The second-order valence-electron chi connectivity index (χ2n) is 5.01. The number of ketones is 1. The summed E-state index contributed by atoms with van der Waals surface area (Å²) in [6.07, 6.45) is 0. The van der Waals surface area contributed by atoms with Gasteiger partial charge in [-0.1, -0.05) is 48.5 Å². The number of nitrogens with zero attached hydrogens (tertiary/aromatic N) is 1. The molecule has 0 bridgehead atoms. The number of para-hydroxylation sites is 1. The number of carbonyl (C=O) groups excluding carboxylic acids is 1. The lowest BCUT2D eigenvalue weighted by atomic mass is 10.1. The molecule has 2 aromatic carbocycles. The van der Waals surface area contributed by atoms with Crippen LogP contribution in [0.4, 0.5) is 0 Å². The van der Waals surface area contributed by atoms with E-state index >= 15 is 0 Å². The SMILES string of the molecule is O=C(c1ccccc1)c1sc2nc3ccccc3cc2c1O. The van der Waals surface area contributed by atoms with Crippen molar-refractivity contribution in [2.75, 3.05) is 0 Å². The van der Waals surface area contributed by atoms with Gasteiger partial charge >= 0.3 is 0 Å². The first-order chi connectivity index (χ1) is 10.7. The van der Waals surface area contributed by atoms with Crippen LogP contribution in [-0.4, -0.2) is 15.9 Å². The van der Waals surface area contributed by atoms with Crippen molar-refractivity contribution in [3.8, 4) is 5.75 Å². The van der Waals surface area contributed by atoms with Crippen LogP contribution in [0.3, 0.4) is 0 Å². The monoisotopic (exact) mass is 305 g/mol. The Hall–Kier alpha value is -2.72. The Morgan fingerprint density at radius 1 is 1.00 bits per heavy atom. The first-order valence-corrected chi connectivity index (χ1v) is 7.67. The van der Waals surface area contributed by atoms with Crippen molar-refractivity contribution in [1.82, 2.24) is 4.98 Å². The molecule has 106 valence electrons. The van der Waals surface area contributed by atoms with Crippen molar-refractivity contribution in [1.29, 1.82) is 0 Å². The minimum atomic E-state index is -0.176. The third-order valence-corrected chi connectivity index (χ3v) is 4.69. The van der Waals surface area contributed by atoms with Crippen LogP contribution in [0, 0.1) is 0 Å². The molecule has 3 nitrogen and oxygen atoms in total. The number of aromatic hydroxyl groups is 1. The summed E-state index contributed by atoms with van der Waals surface area (Å²) in [6.45, 7) is 0. The zero-order valence-electron chi connectivity index (χ0n) is 11.5. The number of benzene rings is 2. The summed E-state index contributed by atoms with van der Waals surface area (Å²) in [5.41, 5.74) is 1.42. The number of aromatic nitrogens is 1. The summed E-state index contributed by atoms with van der Waals surface area (Å²) in [6, 6.07) is 18.6. The number of carbonyl (C=O) groups is 1. The lowest BCUT2D eigenvalue weighted by molar-refractivity contribution is 0.104. The minimum Gasteiger partial charge on any atom is -0.506 e. The smallest absolute Gasteiger partial charge is 0.206 e. The first kappa shape index (κ1) is 13.0. The molecular weight excluding hydrogens is 294 g/mol. The molecule has 4 aromatic rings. The molecule has 0 aliphatic rings. The van der Waals surface area contributed by atoms with Crippen LogP contribution >= 0.6 is 11.3 Å². The number of rotatable bonds is 2. The van der Waals surface area contributed by atoms with Gasteiger partial charge in [-0.05, 0) is 12.1 Å². The van der Waals surface area contributed by atoms with Crippen molar-refractivity contribution in [2.24, 2.45) is 0 Å². The summed E-state index contributed by atoms with van der Waals surface area (Å²) in [5, 5.41) is 12.0. The van der Waals surface area contributed by atoms with E-state index in [4.69, 9.17) is 0 Å². The summed E-state index contributed by atoms with van der Waals surface area (Å²) in [5.74, 6) is -0.155. The Balaban J connectivity index is 1.94. The molecule has 0 fully saturated rings. The van der Waals surface area contributed by atoms with Gasteiger partial charge in [0.25, 0.3) is 0 Å². The van der Waals surface area contributed by atoms with Gasteiger partial charge < -0.3 is 5.11 Å². The van der Waals surface area contributed by atoms with Gasteiger partial charge in [0, 0.05) is 10.9 Å². The molecule has 22 heavy (non-hydrogen) atoms. The predicted molar refractivity (Wildman–Crippen MR) is 88.7 cm³/mol. The lowest BCUT2D eigenvalue weighted by Crippen LogP contribution is -1.97. The van der Waals surface area contributed by atoms with E-state index in [1.807, 2.05) is 48.5 Å². The maximum Gasteiger partial charge on any atom is 0.206 e. The molecule has 0 saturated carbocycles. The van der Waals surface area contributed by atoms with Crippen LogP contribution in [0.15, 0.2) is 60.7 Å². The maximum atomic E-state index is 12.6. The summed E-state index contributed by atoms with van der Waals surface area (Å²) < 4.78 is 0. The van der Waals surface area contributed by atoms with E-state index in [1.165, 1.54) is 11.3 Å². The molecule has 0 aliphatic heterocycles. The fourth-order valence-electron chi connectivity index (χ4n) is 2.49. The van der Waals surface area contributed by atoms with Crippen molar-refractivity contribution in [3.05, 3.63) is 71.1 Å². The molecule has 0 aliphatic carbocycles. The molecule has 2 aromatic heterocycles. The minimum absolute atomic E-state index is 0.0205. The van der Waals surface area contributed by atoms with E-state index in [-0.39, 0.29) is 11.5 Å².